The molecule has 0 radical (unpaired) electrons. The molecule has 0 saturated heterocycles. The predicted octanol–water partition coefficient (Wildman–Crippen LogP) is 7.73. The normalized spacial score (nSPS) is 14.6. The number of hydrogen-bond acceptors (Lipinski definition) is 3. The summed E-state index contributed by atoms with van der Waals surface area (Å²) in [5.74, 6) is -0.102. The van der Waals surface area contributed by atoms with Crippen molar-refractivity contribution in [2.24, 2.45) is 0 Å². The highest BCUT2D eigenvalue weighted by Crippen LogP contribution is 2.42. The van der Waals surface area contributed by atoms with E-state index in [1.165, 1.54) is 28.5 Å². The van der Waals surface area contributed by atoms with Crippen molar-refractivity contribution in [3.05, 3.63) is 135 Å². The van der Waals surface area contributed by atoms with Crippen LogP contribution in [0.1, 0.15) is 51.5 Å². The van der Waals surface area contributed by atoms with Crippen LogP contribution >= 0.6 is 11.8 Å². The smallest absolute Gasteiger partial charge is 0.265 e. The van der Waals surface area contributed by atoms with Gasteiger partial charge in [0.2, 0.25) is 0 Å². The molecule has 40 heavy (non-hydrogen) atoms. The molecule has 1 atom stereocenters. The van der Waals surface area contributed by atoms with E-state index in [9.17, 15) is 9.59 Å². The molecule has 4 nitrogen and oxygen atoms in total. The van der Waals surface area contributed by atoms with Gasteiger partial charge in [0.15, 0.2) is 0 Å². The summed E-state index contributed by atoms with van der Waals surface area (Å²) >= 11 is 1.49. The summed E-state index contributed by atoms with van der Waals surface area (Å²) in [6, 6.07) is 32.2. The molecule has 0 saturated carbocycles. The molecule has 1 aliphatic heterocycles. The number of fused-ring (bicyclic) bond motifs is 1. The second kappa shape index (κ2) is 12.4. The average Bonchev–Trinajstić information content (AvgIpc) is 2.97. The minimum atomic E-state index is -0.0866. The first-order valence-electron chi connectivity index (χ1n) is 13.7. The molecule has 0 aliphatic carbocycles. The molecule has 5 rings (SSSR count). The second-order valence-corrected chi connectivity index (χ2v) is 11.5. The molecular weight excluding hydrogens is 512 g/mol. The van der Waals surface area contributed by atoms with E-state index >= 15 is 0 Å². The number of benzene rings is 4. The van der Waals surface area contributed by atoms with Crippen LogP contribution in [0, 0.1) is 13.8 Å². The SMILES string of the molecule is Cc1ccc(C)c(CN2C(=O)/C(=C/c3ccc(C(=O)N[C@H](C)CCc4ccccc4)cc3)Sc3ccccc32)c1. The fourth-order valence-corrected chi connectivity index (χ4v) is 5.91. The Kier molecular flexibility index (Phi) is 8.51. The molecule has 1 aliphatic rings. The highest BCUT2D eigenvalue weighted by molar-refractivity contribution is 8.04. The first-order chi connectivity index (χ1) is 19.4. The second-order valence-electron chi connectivity index (χ2n) is 10.4. The third kappa shape index (κ3) is 6.54. The van der Waals surface area contributed by atoms with Gasteiger partial charge in [-0.1, -0.05) is 90.1 Å². The topological polar surface area (TPSA) is 49.4 Å². The summed E-state index contributed by atoms with van der Waals surface area (Å²) in [5, 5.41) is 3.10. The lowest BCUT2D eigenvalue weighted by Crippen LogP contribution is -2.34. The Morgan fingerprint density at radius 3 is 2.42 bits per heavy atom. The van der Waals surface area contributed by atoms with Crippen LogP contribution in [-0.2, 0) is 17.8 Å². The van der Waals surface area contributed by atoms with Crippen molar-refractivity contribution in [3.8, 4) is 0 Å². The highest BCUT2D eigenvalue weighted by Gasteiger charge is 2.29. The van der Waals surface area contributed by atoms with Crippen molar-refractivity contribution >= 4 is 35.3 Å². The lowest BCUT2D eigenvalue weighted by atomic mass is 10.0. The predicted molar refractivity (Wildman–Crippen MR) is 166 cm³/mol. The van der Waals surface area contributed by atoms with E-state index in [2.05, 4.69) is 55.6 Å². The molecule has 0 spiro atoms. The number of hydrogen-bond donors (Lipinski definition) is 1. The Balaban J connectivity index is 1.29. The molecule has 4 aromatic rings. The number of nitrogens with zero attached hydrogens (tertiary/aromatic N) is 1. The zero-order valence-electron chi connectivity index (χ0n) is 23.2. The fraction of sp³-hybridized carbons (Fsp3) is 0.200. The summed E-state index contributed by atoms with van der Waals surface area (Å²) in [6.07, 6.45) is 3.71. The number of carbonyl (C=O) groups excluding carboxylic acids is 2. The molecule has 0 fully saturated rings. The third-order valence-corrected chi connectivity index (χ3v) is 8.30. The van der Waals surface area contributed by atoms with Crippen molar-refractivity contribution in [3.63, 3.8) is 0 Å². The largest absolute Gasteiger partial charge is 0.350 e. The van der Waals surface area contributed by atoms with E-state index in [0.29, 0.717) is 17.0 Å². The minimum Gasteiger partial charge on any atom is -0.350 e. The quantitative estimate of drug-likeness (QED) is 0.230. The van der Waals surface area contributed by atoms with Gasteiger partial charge >= 0.3 is 0 Å². The molecule has 5 heteroatoms. The maximum atomic E-state index is 13.7. The lowest BCUT2D eigenvalue weighted by molar-refractivity contribution is -0.114. The average molecular weight is 547 g/mol. The first-order valence-corrected chi connectivity index (χ1v) is 14.5. The van der Waals surface area contributed by atoms with Crippen LogP contribution in [0.25, 0.3) is 6.08 Å². The number of amides is 2. The third-order valence-electron chi connectivity index (χ3n) is 7.22. The number of rotatable bonds is 8. The molecule has 0 aromatic heterocycles. The van der Waals surface area contributed by atoms with E-state index in [-0.39, 0.29) is 17.9 Å². The Bertz CT molecular complexity index is 1540. The molecule has 2 amide bonds. The summed E-state index contributed by atoms with van der Waals surface area (Å²) in [7, 11) is 0. The molecule has 1 heterocycles. The van der Waals surface area contributed by atoms with Crippen molar-refractivity contribution in [2.45, 2.75) is 51.1 Å². The van der Waals surface area contributed by atoms with E-state index in [1.54, 1.807) is 0 Å². The van der Waals surface area contributed by atoms with Crippen LogP contribution in [0.2, 0.25) is 0 Å². The number of para-hydroxylation sites is 1. The highest BCUT2D eigenvalue weighted by atomic mass is 32.2. The van der Waals surface area contributed by atoms with Crippen LogP contribution in [0.15, 0.2) is 107 Å². The summed E-state index contributed by atoms with van der Waals surface area (Å²) < 4.78 is 0. The van der Waals surface area contributed by atoms with E-state index in [1.807, 2.05) is 78.6 Å². The standard InChI is InChI=1S/C35H34N2O2S/c1-24-13-14-25(2)30(21-24)23-37-31-11-7-8-12-32(31)40-33(35(37)39)22-28-17-19-29(20-18-28)34(38)36-26(3)15-16-27-9-5-4-6-10-27/h4-14,17-22,26H,15-16,23H2,1-3H3,(H,36,38)/b33-22-/t26-/m1/s1. The summed E-state index contributed by atoms with van der Waals surface area (Å²) in [4.78, 5) is 30.2. The fourth-order valence-electron chi connectivity index (χ4n) is 4.85. The Morgan fingerprint density at radius 1 is 0.925 bits per heavy atom. The van der Waals surface area contributed by atoms with Gasteiger partial charge in [-0.05, 0) is 86.2 Å². The number of thioether (sulfide) groups is 1. The van der Waals surface area contributed by atoms with Gasteiger partial charge in [-0.25, -0.2) is 0 Å². The zero-order valence-corrected chi connectivity index (χ0v) is 24.0. The van der Waals surface area contributed by atoms with Gasteiger partial charge in [0.1, 0.15) is 0 Å². The van der Waals surface area contributed by atoms with Gasteiger partial charge < -0.3 is 10.2 Å². The zero-order chi connectivity index (χ0) is 28.1. The Hall–Kier alpha value is -4.09. The summed E-state index contributed by atoms with van der Waals surface area (Å²) in [6.45, 7) is 6.71. The number of nitrogens with one attached hydrogen (secondary N) is 1. The van der Waals surface area contributed by atoms with Crippen LogP contribution < -0.4 is 10.2 Å². The molecule has 202 valence electrons. The molecular formula is C35H34N2O2S. The van der Waals surface area contributed by atoms with Crippen molar-refractivity contribution < 1.29 is 9.59 Å². The Morgan fingerprint density at radius 2 is 1.65 bits per heavy atom. The molecule has 0 unspecified atom stereocenters. The van der Waals surface area contributed by atoms with Crippen LogP contribution in [0.5, 0.6) is 0 Å². The van der Waals surface area contributed by atoms with Gasteiger partial charge in [-0.2, -0.15) is 0 Å². The van der Waals surface area contributed by atoms with Crippen molar-refractivity contribution in [1.82, 2.24) is 5.32 Å². The first kappa shape index (κ1) is 27.5. The van der Waals surface area contributed by atoms with Crippen LogP contribution in [0.3, 0.4) is 0 Å². The van der Waals surface area contributed by atoms with Crippen LogP contribution in [0.4, 0.5) is 5.69 Å². The van der Waals surface area contributed by atoms with E-state index in [4.69, 9.17) is 0 Å². The minimum absolute atomic E-state index is 0.0151. The van der Waals surface area contributed by atoms with Gasteiger partial charge in [0.05, 0.1) is 17.1 Å². The maximum Gasteiger partial charge on any atom is 0.265 e. The molecule has 1 N–H and O–H groups in total. The monoisotopic (exact) mass is 546 g/mol. The van der Waals surface area contributed by atoms with Crippen molar-refractivity contribution in [2.75, 3.05) is 4.90 Å². The molecule has 4 aromatic carbocycles. The number of aryl methyl sites for hydroxylation is 3. The van der Waals surface area contributed by atoms with E-state index in [0.717, 1.165) is 34.6 Å². The van der Waals surface area contributed by atoms with Gasteiger partial charge in [0, 0.05) is 16.5 Å². The van der Waals surface area contributed by atoms with Gasteiger partial charge in [-0.3, -0.25) is 9.59 Å². The lowest BCUT2D eigenvalue weighted by Gasteiger charge is -2.31. The van der Waals surface area contributed by atoms with Gasteiger partial charge in [-0.15, -0.1) is 0 Å². The van der Waals surface area contributed by atoms with Crippen LogP contribution in [-0.4, -0.2) is 17.9 Å². The summed E-state index contributed by atoms with van der Waals surface area (Å²) in [5.41, 5.74) is 7.19. The molecule has 0 bridgehead atoms. The Labute approximate surface area is 241 Å². The van der Waals surface area contributed by atoms with E-state index < -0.39 is 0 Å². The maximum absolute atomic E-state index is 13.7. The van der Waals surface area contributed by atoms with Crippen molar-refractivity contribution in [1.29, 1.82) is 0 Å². The number of carbonyl (C=O) groups is 2. The van der Waals surface area contributed by atoms with Gasteiger partial charge in [0.25, 0.3) is 11.8 Å². The number of anilines is 1.